The van der Waals surface area contributed by atoms with Gasteiger partial charge in [-0.3, -0.25) is 4.98 Å². The Kier molecular flexibility index (Phi) is 6.02. The topological polar surface area (TPSA) is 135 Å². The average Bonchev–Trinajstić information content (AvgIpc) is 3.29. The molecule has 5 N–H and O–H groups in total. The largest absolute Gasteiger partial charge is 0.370 e. The van der Waals surface area contributed by atoms with E-state index in [1.807, 2.05) is 48.9 Å². The highest BCUT2D eigenvalue weighted by Crippen LogP contribution is 2.29. The lowest BCUT2D eigenvalue weighted by Gasteiger charge is -2.16. The second-order valence-electron chi connectivity index (χ2n) is 7.39. The first-order valence-electron chi connectivity index (χ1n) is 10.0. The van der Waals surface area contributed by atoms with Gasteiger partial charge in [0.05, 0.1) is 0 Å². The van der Waals surface area contributed by atoms with Crippen LogP contribution in [-0.2, 0) is 6.54 Å². The molecular weight excluding hydrogens is 392 g/mol. The molecule has 2 amide bonds. The lowest BCUT2D eigenvalue weighted by Crippen LogP contribution is -2.28. The SMILES string of the molecule is NC(N)=NC(=O)NCc1cccc(-c2cnc(N3CCC(c4cccnc4)C3)nc2)c1. The van der Waals surface area contributed by atoms with Gasteiger partial charge < -0.3 is 21.7 Å². The summed E-state index contributed by atoms with van der Waals surface area (Å²) in [5, 5.41) is 2.64. The molecule has 1 aliphatic heterocycles. The quantitative estimate of drug-likeness (QED) is 0.428. The Hall–Kier alpha value is -4.01. The van der Waals surface area contributed by atoms with Crippen LogP contribution in [0.2, 0.25) is 0 Å². The molecule has 1 atom stereocenters. The number of rotatable bonds is 5. The summed E-state index contributed by atoms with van der Waals surface area (Å²) in [7, 11) is 0. The highest BCUT2D eigenvalue weighted by Gasteiger charge is 2.25. The molecule has 9 nitrogen and oxygen atoms in total. The maximum atomic E-state index is 11.6. The van der Waals surface area contributed by atoms with Crippen molar-refractivity contribution in [2.75, 3.05) is 18.0 Å². The smallest absolute Gasteiger partial charge is 0.344 e. The number of anilines is 1. The number of carbonyl (C=O) groups is 1. The van der Waals surface area contributed by atoms with Gasteiger partial charge in [0.2, 0.25) is 5.95 Å². The van der Waals surface area contributed by atoms with Gasteiger partial charge in [0.25, 0.3) is 0 Å². The molecule has 31 heavy (non-hydrogen) atoms. The maximum absolute atomic E-state index is 11.6. The Morgan fingerprint density at radius 2 is 1.97 bits per heavy atom. The summed E-state index contributed by atoms with van der Waals surface area (Å²) in [4.78, 5) is 30.6. The van der Waals surface area contributed by atoms with Gasteiger partial charge in [-0.15, -0.1) is 0 Å². The second kappa shape index (κ2) is 9.21. The molecule has 2 aromatic heterocycles. The molecule has 4 rings (SSSR count). The van der Waals surface area contributed by atoms with E-state index in [1.54, 1.807) is 6.20 Å². The Bertz CT molecular complexity index is 1060. The van der Waals surface area contributed by atoms with Crippen LogP contribution < -0.4 is 21.7 Å². The molecule has 0 radical (unpaired) electrons. The zero-order valence-electron chi connectivity index (χ0n) is 17.0. The fourth-order valence-corrected chi connectivity index (χ4v) is 3.66. The van der Waals surface area contributed by atoms with E-state index < -0.39 is 6.03 Å². The summed E-state index contributed by atoms with van der Waals surface area (Å²) in [6.45, 7) is 2.12. The van der Waals surface area contributed by atoms with Gasteiger partial charge in [-0.1, -0.05) is 24.3 Å². The van der Waals surface area contributed by atoms with E-state index in [2.05, 4.69) is 36.2 Å². The van der Waals surface area contributed by atoms with E-state index in [0.717, 1.165) is 42.1 Å². The van der Waals surface area contributed by atoms with Crippen LogP contribution in [0, 0.1) is 0 Å². The number of pyridine rings is 1. The van der Waals surface area contributed by atoms with Gasteiger partial charge in [-0.25, -0.2) is 14.8 Å². The predicted molar refractivity (Wildman–Crippen MR) is 119 cm³/mol. The third kappa shape index (κ3) is 5.13. The van der Waals surface area contributed by atoms with E-state index >= 15 is 0 Å². The minimum absolute atomic E-state index is 0.270. The number of hydrogen-bond donors (Lipinski definition) is 3. The molecule has 1 unspecified atom stereocenters. The Balaban J connectivity index is 1.40. The molecule has 9 heteroatoms. The van der Waals surface area contributed by atoms with E-state index in [0.29, 0.717) is 12.5 Å². The van der Waals surface area contributed by atoms with Crippen molar-refractivity contribution in [1.82, 2.24) is 20.3 Å². The Morgan fingerprint density at radius 1 is 1.13 bits per heavy atom. The number of amides is 2. The highest BCUT2D eigenvalue weighted by molar-refractivity contribution is 5.90. The molecule has 0 spiro atoms. The standard InChI is InChI=1S/C22H24N8O/c23-20(24)29-22(31)28-10-15-3-1-4-16(9-15)19-12-26-21(27-13-19)30-8-6-18(14-30)17-5-2-7-25-11-17/h1-5,7,9,11-13,18H,6,8,10,14H2,(H5,23,24,28,29,31). The number of hydrogen-bond acceptors (Lipinski definition) is 5. The summed E-state index contributed by atoms with van der Waals surface area (Å²) < 4.78 is 0. The minimum Gasteiger partial charge on any atom is -0.370 e. The summed E-state index contributed by atoms with van der Waals surface area (Å²) >= 11 is 0. The third-order valence-corrected chi connectivity index (χ3v) is 5.20. The molecule has 0 bridgehead atoms. The summed E-state index contributed by atoms with van der Waals surface area (Å²) in [5.41, 5.74) is 14.5. The molecular formula is C22H24N8O. The first-order chi connectivity index (χ1) is 15.1. The van der Waals surface area contributed by atoms with Crippen LogP contribution in [0.3, 0.4) is 0 Å². The normalized spacial score (nSPS) is 15.5. The van der Waals surface area contributed by atoms with Gasteiger partial charge in [0, 0.05) is 55.9 Å². The lowest BCUT2D eigenvalue weighted by atomic mass is 10.0. The molecule has 1 aliphatic rings. The number of urea groups is 1. The van der Waals surface area contributed by atoms with Crippen molar-refractivity contribution >= 4 is 17.9 Å². The first-order valence-corrected chi connectivity index (χ1v) is 10.0. The molecule has 3 aromatic rings. The summed E-state index contributed by atoms with van der Waals surface area (Å²) in [5.74, 6) is 0.909. The number of carbonyl (C=O) groups excluding carboxylic acids is 1. The van der Waals surface area contributed by atoms with Gasteiger partial charge in [0.15, 0.2) is 5.96 Å². The molecule has 1 aromatic carbocycles. The number of nitrogens with zero attached hydrogens (tertiary/aromatic N) is 5. The van der Waals surface area contributed by atoms with E-state index in [4.69, 9.17) is 11.5 Å². The third-order valence-electron chi connectivity index (χ3n) is 5.20. The van der Waals surface area contributed by atoms with Crippen LogP contribution in [0.25, 0.3) is 11.1 Å². The van der Waals surface area contributed by atoms with Crippen molar-refractivity contribution in [2.45, 2.75) is 18.9 Å². The van der Waals surface area contributed by atoms with Crippen molar-refractivity contribution in [2.24, 2.45) is 16.5 Å². The van der Waals surface area contributed by atoms with Gasteiger partial charge in [-0.2, -0.15) is 4.99 Å². The van der Waals surface area contributed by atoms with Gasteiger partial charge in [-0.05, 0) is 35.2 Å². The fraction of sp³-hybridized carbons (Fsp3) is 0.227. The van der Waals surface area contributed by atoms with Crippen LogP contribution in [0.5, 0.6) is 0 Å². The number of benzene rings is 1. The van der Waals surface area contributed by atoms with Crippen LogP contribution in [0.15, 0.2) is 66.2 Å². The monoisotopic (exact) mass is 416 g/mol. The zero-order valence-corrected chi connectivity index (χ0v) is 17.0. The zero-order chi connectivity index (χ0) is 21.6. The number of nitrogens with two attached hydrogens (primary N) is 2. The first kappa shape index (κ1) is 20.3. The Morgan fingerprint density at radius 3 is 2.71 bits per heavy atom. The minimum atomic E-state index is -0.576. The van der Waals surface area contributed by atoms with Gasteiger partial charge in [0.1, 0.15) is 0 Å². The molecule has 1 saturated heterocycles. The van der Waals surface area contributed by atoms with Crippen molar-refractivity contribution in [1.29, 1.82) is 0 Å². The highest BCUT2D eigenvalue weighted by atomic mass is 16.2. The number of aromatic nitrogens is 3. The van der Waals surface area contributed by atoms with E-state index in [-0.39, 0.29) is 5.96 Å². The maximum Gasteiger partial charge on any atom is 0.344 e. The molecule has 0 aliphatic carbocycles. The second-order valence-corrected chi connectivity index (χ2v) is 7.39. The fourth-order valence-electron chi connectivity index (χ4n) is 3.66. The molecule has 158 valence electrons. The predicted octanol–water partition coefficient (Wildman–Crippen LogP) is 2.02. The molecule has 0 saturated carbocycles. The van der Waals surface area contributed by atoms with E-state index in [9.17, 15) is 4.79 Å². The van der Waals surface area contributed by atoms with Crippen molar-refractivity contribution < 1.29 is 4.79 Å². The lowest BCUT2D eigenvalue weighted by molar-refractivity contribution is 0.249. The summed E-state index contributed by atoms with van der Waals surface area (Å²) in [6.07, 6.45) is 8.45. The van der Waals surface area contributed by atoms with Crippen LogP contribution in [0.4, 0.5) is 10.7 Å². The van der Waals surface area contributed by atoms with Gasteiger partial charge >= 0.3 is 6.03 Å². The molecule has 3 heterocycles. The van der Waals surface area contributed by atoms with Crippen molar-refractivity contribution in [3.8, 4) is 11.1 Å². The van der Waals surface area contributed by atoms with Crippen molar-refractivity contribution in [3.63, 3.8) is 0 Å². The summed E-state index contributed by atoms with van der Waals surface area (Å²) in [6, 6.07) is 11.3. The number of guanidine groups is 1. The average molecular weight is 416 g/mol. The van der Waals surface area contributed by atoms with Crippen molar-refractivity contribution in [3.05, 3.63) is 72.3 Å². The van der Waals surface area contributed by atoms with E-state index in [1.165, 1.54) is 5.56 Å². The molecule has 1 fully saturated rings. The van der Waals surface area contributed by atoms with Crippen LogP contribution >= 0.6 is 0 Å². The number of nitrogens with one attached hydrogen (secondary N) is 1. The van der Waals surface area contributed by atoms with Crippen LogP contribution in [0.1, 0.15) is 23.5 Å². The van der Waals surface area contributed by atoms with Crippen LogP contribution in [-0.4, -0.2) is 40.0 Å². The number of aliphatic imine (C=N–C) groups is 1. The Labute approximate surface area is 180 Å².